The molecule has 6 nitrogen and oxygen atoms in total. The number of aromatic nitrogens is 1. The molecule has 4 rings (SSSR count). The van der Waals surface area contributed by atoms with Gasteiger partial charge in [0.1, 0.15) is 0 Å². The number of sulfonamides is 1. The van der Waals surface area contributed by atoms with Gasteiger partial charge in [-0.2, -0.15) is 0 Å². The van der Waals surface area contributed by atoms with Gasteiger partial charge in [-0.3, -0.25) is 9.78 Å². The highest BCUT2D eigenvalue weighted by molar-refractivity contribution is 7.89. The molecule has 0 amide bonds. The molecule has 0 spiro atoms. The molecular formula is C28H29ClN2O4S. The first-order chi connectivity index (χ1) is 17.4. The highest BCUT2D eigenvalue weighted by Crippen LogP contribution is 2.30. The Morgan fingerprint density at radius 3 is 2.58 bits per heavy atom. The van der Waals surface area contributed by atoms with E-state index in [1.807, 2.05) is 18.3 Å². The van der Waals surface area contributed by atoms with Crippen LogP contribution in [0.2, 0.25) is 5.02 Å². The summed E-state index contributed by atoms with van der Waals surface area (Å²) in [6.45, 7) is 0. The summed E-state index contributed by atoms with van der Waals surface area (Å²) in [4.78, 5) is 15.9. The Labute approximate surface area is 217 Å². The molecule has 1 atom stereocenters. The molecule has 36 heavy (non-hydrogen) atoms. The van der Waals surface area contributed by atoms with Crippen molar-refractivity contribution in [3.05, 3.63) is 100 Å². The maximum absolute atomic E-state index is 12.8. The number of benzene rings is 2. The summed E-state index contributed by atoms with van der Waals surface area (Å²) in [6, 6.07) is 16.2. The number of carbonyl (C=O) groups excluding carboxylic acids is 1. The van der Waals surface area contributed by atoms with Crippen molar-refractivity contribution in [3.8, 4) is 0 Å². The molecule has 1 aliphatic rings. The Morgan fingerprint density at radius 2 is 1.86 bits per heavy atom. The molecule has 1 aromatic heterocycles. The van der Waals surface area contributed by atoms with Crippen molar-refractivity contribution in [2.75, 3.05) is 7.11 Å². The van der Waals surface area contributed by atoms with E-state index in [0.717, 1.165) is 47.1 Å². The molecule has 0 saturated carbocycles. The van der Waals surface area contributed by atoms with Gasteiger partial charge in [-0.25, -0.2) is 13.1 Å². The molecule has 1 aliphatic carbocycles. The lowest BCUT2D eigenvalue weighted by molar-refractivity contribution is -0.140. The van der Waals surface area contributed by atoms with Crippen molar-refractivity contribution in [1.82, 2.24) is 9.71 Å². The molecule has 2 aromatic carbocycles. The normalized spacial score (nSPS) is 15.5. The number of rotatable bonds is 10. The molecule has 1 N–H and O–H groups in total. The van der Waals surface area contributed by atoms with E-state index in [9.17, 15) is 13.2 Å². The molecule has 0 saturated heterocycles. The number of halogens is 1. The number of ether oxygens (including phenoxy) is 1. The van der Waals surface area contributed by atoms with Gasteiger partial charge in [-0.15, -0.1) is 0 Å². The van der Waals surface area contributed by atoms with Gasteiger partial charge in [0, 0.05) is 35.4 Å². The number of nitrogens with zero attached hydrogens (tertiary/aromatic N) is 1. The number of carbonyl (C=O) groups is 1. The van der Waals surface area contributed by atoms with Gasteiger partial charge in [-0.05, 0) is 84.7 Å². The minimum Gasteiger partial charge on any atom is -0.469 e. The number of methoxy groups -OCH3 is 1. The highest BCUT2D eigenvalue weighted by Gasteiger charge is 2.27. The first kappa shape index (κ1) is 26.1. The van der Waals surface area contributed by atoms with E-state index < -0.39 is 10.0 Å². The maximum atomic E-state index is 12.8. The van der Waals surface area contributed by atoms with Crippen molar-refractivity contribution in [1.29, 1.82) is 0 Å². The summed E-state index contributed by atoms with van der Waals surface area (Å²) in [6.07, 6.45) is 9.92. The topological polar surface area (TPSA) is 85.4 Å². The van der Waals surface area contributed by atoms with E-state index >= 15 is 0 Å². The largest absolute Gasteiger partial charge is 0.469 e. The standard InChI is InChI=1S/C28H29ClN2O4S/c1-35-28(32)8-4-2-3-7-27(22-6-5-15-30-19-22)21-10-9-20-17-25(18-23(20)16-21)31-36(33,34)26-13-11-24(29)12-14-26/h5-7,9-16,19,25,31H,2-4,8,17-18H2,1H3. The van der Waals surface area contributed by atoms with Crippen LogP contribution in [0.1, 0.15) is 47.9 Å². The molecular weight excluding hydrogens is 496 g/mol. The van der Waals surface area contributed by atoms with Gasteiger partial charge in [0.2, 0.25) is 10.0 Å². The summed E-state index contributed by atoms with van der Waals surface area (Å²) in [7, 11) is -2.23. The third-order valence-corrected chi connectivity index (χ3v) is 8.07. The Kier molecular flexibility index (Phi) is 8.56. The molecule has 0 bridgehead atoms. The molecule has 0 aliphatic heterocycles. The molecule has 0 radical (unpaired) electrons. The number of unbranched alkanes of at least 4 members (excludes halogenated alkanes) is 2. The molecule has 188 valence electrons. The average molecular weight is 525 g/mol. The van der Waals surface area contributed by atoms with E-state index in [2.05, 4.69) is 34.0 Å². The van der Waals surface area contributed by atoms with Gasteiger partial charge < -0.3 is 4.74 Å². The fourth-order valence-corrected chi connectivity index (χ4v) is 5.82. The Balaban J connectivity index is 1.49. The Bertz CT molecular complexity index is 1340. The number of hydrogen-bond donors (Lipinski definition) is 1. The van der Waals surface area contributed by atoms with E-state index in [1.54, 1.807) is 18.3 Å². The van der Waals surface area contributed by atoms with Crippen molar-refractivity contribution in [2.45, 2.75) is 49.5 Å². The number of nitrogens with one attached hydrogen (secondary N) is 1. The molecule has 3 aromatic rings. The van der Waals surface area contributed by atoms with Crippen LogP contribution in [-0.4, -0.2) is 32.5 Å². The summed E-state index contributed by atoms with van der Waals surface area (Å²) < 4.78 is 33.3. The predicted octanol–water partition coefficient (Wildman–Crippen LogP) is 5.35. The van der Waals surface area contributed by atoms with Crippen molar-refractivity contribution >= 4 is 33.2 Å². The van der Waals surface area contributed by atoms with Gasteiger partial charge in [0.15, 0.2) is 0 Å². The average Bonchev–Trinajstić information content (AvgIpc) is 3.27. The zero-order valence-corrected chi connectivity index (χ0v) is 21.7. The molecule has 1 unspecified atom stereocenters. The number of fused-ring (bicyclic) bond motifs is 1. The maximum Gasteiger partial charge on any atom is 0.305 e. The van der Waals surface area contributed by atoms with Crippen LogP contribution in [0.25, 0.3) is 5.57 Å². The smallest absolute Gasteiger partial charge is 0.305 e. The summed E-state index contributed by atoms with van der Waals surface area (Å²) in [5, 5.41) is 0.496. The van der Waals surface area contributed by atoms with Crippen LogP contribution in [0.3, 0.4) is 0 Å². The fraction of sp³-hybridized carbons (Fsp3) is 0.286. The van der Waals surface area contributed by atoms with E-state index in [4.69, 9.17) is 16.3 Å². The zero-order chi connectivity index (χ0) is 25.5. The third-order valence-electron chi connectivity index (χ3n) is 6.28. The minimum absolute atomic E-state index is 0.189. The first-order valence-electron chi connectivity index (χ1n) is 11.9. The zero-order valence-electron chi connectivity index (χ0n) is 20.1. The van der Waals surface area contributed by atoms with Crippen molar-refractivity contribution < 1.29 is 17.9 Å². The SMILES string of the molecule is COC(=O)CCCCC=C(c1cccnc1)c1ccc2c(c1)CC(NS(=O)(=O)c1ccc(Cl)cc1)C2. The molecule has 0 fully saturated rings. The van der Waals surface area contributed by atoms with Crippen LogP contribution >= 0.6 is 11.6 Å². The second-order valence-corrected chi connectivity index (χ2v) is 11.0. The van der Waals surface area contributed by atoms with Gasteiger partial charge in [0.25, 0.3) is 0 Å². The minimum atomic E-state index is -3.63. The lowest BCUT2D eigenvalue weighted by atomic mass is 9.94. The summed E-state index contributed by atoms with van der Waals surface area (Å²) in [5.74, 6) is -0.189. The second kappa shape index (κ2) is 11.8. The van der Waals surface area contributed by atoms with Crippen LogP contribution in [0.15, 0.2) is 78.0 Å². The lowest BCUT2D eigenvalue weighted by Gasteiger charge is -2.12. The summed E-state index contributed by atoms with van der Waals surface area (Å²) in [5.41, 5.74) is 5.44. The summed E-state index contributed by atoms with van der Waals surface area (Å²) >= 11 is 5.90. The van der Waals surface area contributed by atoms with Crippen LogP contribution in [0.5, 0.6) is 0 Å². The van der Waals surface area contributed by atoms with Crippen LogP contribution in [-0.2, 0) is 32.4 Å². The van der Waals surface area contributed by atoms with Gasteiger partial charge in [-0.1, -0.05) is 41.9 Å². The fourth-order valence-electron chi connectivity index (χ4n) is 4.46. The first-order valence-corrected chi connectivity index (χ1v) is 13.8. The molecule has 8 heteroatoms. The van der Waals surface area contributed by atoms with E-state index in [-0.39, 0.29) is 16.9 Å². The van der Waals surface area contributed by atoms with Crippen molar-refractivity contribution in [2.24, 2.45) is 0 Å². The van der Waals surface area contributed by atoms with Gasteiger partial charge >= 0.3 is 5.97 Å². The van der Waals surface area contributed by atoms with Gasteiger partial charge in [0.05, 0.1) is 12.0 Å². The quantitative estimate of drug-likeness (QED) is 0.285. The van der Waals surface area contributed by atoms with Crippen LogP contribution in [0, 0.1) is 0 Å². The number of allylic oxidation sites excluding steroid dienone is 1. The monoisotopic (exact) mass is 524 g/mol. The molecule has 1 heterocycles. The third kappa shape index (κ3) is 6.60. The van der Waals surface area contributed by atoms with Crippen LogP contribution in [0.4, 0.5) is 0 Å². The highest BCUT2D eigenvalue weighted by atomic mass is 35.5. The lowest BCUT2D eigenvalue weighted by Crippen LogP contribution is -2.35. The van der Waals surface area contributed by atoms with E-state index in [0.29, 0.717) is 24.3 Å². The number of esters is 1. The number of hydrogen-bond acceptors (Lipinski definition) is 5. The van der Waals surface area contributed by atoms with Crippen molar-refractivity contribution in [3.63, 3.8) is 0 Å². The predicted molar refractivity (Wildman–Crippen MR) is 141 cm³/mol. The Morgan fingerprint density at radius 1 is 1.08 bits per heavy atom. The Hall–Kier alpha value is -3.00. The second-order valence-electron chi connectivity index (χ2n) is 8.85. The number of pyridine rings is 1. The van der Waals surface area contributed by atoms with Crippen LogP contribution < -0.4 is 4.72 Å². The van der Waals surface area contributed by atoms with E-state index in [1.165, 1.54) is 19.2 Å².